The third kappa shape index (κ3) is 3.62. The van der Waals surface area contributed by atoms with Gasteiger partial charge in [0.05, 0.1) is 5.69 Å². The Kier molecular flexibility index (Phi) is 4.84. The second-order valence-electron chi connectivity index (χ2n) is 4.84. The molecule has 1 heterocycles. The van der Waals surface area contributed by atoms with Crippen LogP contribution in [-0.4, -0.2) is 16.5 Å². The van der Waals surface area contributed by atoms with E-state index in [1.807, 2.05) is 25.1 Å². The second-order valence-corrected chi connectivity index (χ2v) is 5.71. The molecule has 3 nitrogen and oxygen atoms in total. The number of hydrogen-bond acceptors (Lipinski definition) is 3. The summed E-state index contributed by atoms with van der Waals surface area (Å²) >= 11 is 12.1. The minimum atomic E-state index is 0.252. The van der Waals surface area contributed by atoms with E-state index in [4.69, 9.17) is 23.2 Å². The largest absolute Gasteiger partial charge is 0.370 e. The highest BCUT2D eigenvalue weighted by atomic mass is 35.5. The van der Waals surface area contributed by atoms with Crippen LogP contribution in [0.5, 0.6) is 0 Å². The summed E-state index contributed by atoms with van der Waals surface area (Å²) in [5, 5.41) is 4.42. The van der Waals surface area contributed by atoms with Gasteiger partial charge in [-0.15, -0.1) is 0 Å². The fourth-order valence-corrected chi connectivity index (χ4v) is 2.37. The molecule has 0 fully saturated rings. The Morgan fingerprint density at radius 3 is 2.25 bits per heavy atom. The molecule has 1 aromatic heterocycles. The summed E-state index contributed by atoms with van der Waals surface area (Å²) in [6.07, 6.45) is 0. The van der Waals surface area contributed by atoms with Gasteiger partial charge in [0.1, 0.15) is 11.6 Å². The van der Waals surface area contributed by atoms with E-state index in [9.17, 15) is 0 Å². The van der Waals surface area contributed by atoms with Gasteiger partial charge in [-0.1, -0.05) is 37.0 Å². The second kappa shape index (κ2) is 6.42. The van der Waals surface area contributed by atoms with Crippen LogP contribution in [0.3, 0.4) is 0 Å². The van der Waals surface area contributed by atoms with Crippen LogP contribution >= 0.6 is 23.2 Å². The van der Waals surface area contributed by atoms with Crippen molar-refractivity contribution in [1.29, 1.82) is 0 Å². The Hall–Kier alpha value is -1.32. The Labute approximate surface area is 129 Å². The molecule has 0 unspecified atom stereocenters. The summed E-state index contributed by atoms with van der Waals surface area (Å²) in [5.41, 5.74) is 1.72. The van der Waals surface area contributed by atoms with E-state index in [1.165, 1.54) is 0 Å². The first-order valence-electron chi connectivity index (χ1n) is 6.59. The van der Waals surface area contributed by atoms with E-state index in [-0.39, 0.29) is 5.92 Å². The summed E-state index contributed by atoms with van der Waals surface area (Å²) in [6, 6.07) is 7.34. The van der Waals surface area contributed by atoms with E-state index in [1.54, 1.807) is 6.07 Å². The van der Waals surface area contributed by atoms with Crippen LogP contribution in [0.1, 0.15) is 32.5 Å². The number of aromatic nitrogens is 2. The van der Waals surface area contributed by atoms with Crippen molar-refractivity contribution in [1.82, 2.24) is 9.97 Å². The molecule has 0 saturated carbocycles. The first kappa shape index (κ1) is 15.1. The Bertz CT molecular complexity index is 592. The predicted octanol–water partition coefficient (Wildman–Crippen LogP) is 5.01. The zero-order valence-electron chi connectivity index (χ0n) is 11.7. The number of rotatable bonds is 4. The fourth-order valence-electron chi connectivity index (χ4n) is 1.85. The topological polar surface area (TPSA) is 37.8 Å². The predicted molar refractivity (Wildman–Crippen MR) is 85.7 cm³/mol. The maximum atomic E-state index is 6.06. The van der Waals surface area contributed by atoms with E-state index in [0.29, 0.717) is 10.0 Å². The van der Waals surface area contributed by atoms with E-state index in [0.717, 1.165) is 29.4 Å². The lowest BCUT2D eigenvalue weighted by atomic mass is 10.1. The highest BCUT2D eigenvalue weighted by Gasteiger charge is 2.10. The van der Waals surface area contributed by atoms with Crippen molar-refractivity contribution in [2.24, 2.45) is 0 Å². The first-order chi connectivity index (χ1) is 9.49. The fraction of sp³-hybridized carbons (Fsp3) is 0.333. The van der Waals surface area contributed by atoms with Crippen molar-refractivity contribution in [3.8, 4) is 11.3 Å². The molecule has 0 aliphatic heterocycles. The van der Waals surface area contributed by atoms with E-state index >= 15 is 0 Å². The number of halogens is 2. The molecule has 2 rings (SSSR count). The molecule has 106 valence electrons. The molecule has 0 amide bonds. The molecule has 0 aliphatic rings. The standard InChI is InChI=1S/C15H17Cl2N3/c1-4-18-14-8-13(19-15(20-14)9(2)3)10-5-11(16)7-12(17)6-10/h5-9H,4H2,1-3H3,(H,18,19,20). The molecule has 0 spiro atoms. The van der Waals surface area contributed by atoms with Gasteiger partial charge < -0.3 is 5.32 Å². The smallest absolute Gasteiger partial charge is 0.133 e. The van der Waals surface area contributed by atoms with Crippen molar-refractivity contribution >= 4 is 29.0 Å². The summed E-state index contributed by atoms with van der Waals surface area (Å²) in [4.78, 5) is 9.10. The van der Waals surface area contributed by atoms with Crippen LogP contribution < -0.4 is 5.32 Å². The molecular weight excluding hydrogens is 293 g/mol. The number of benzene rings is 1. The summed E-state index contributed by atoms with van der Waals surface area (Å²) in [7, 11) is 0. The highest BCUT2D eigenvalue weighted by molar-refractivity contribution is 6.35. The van der Waals surface area contributed by atoms with Gasteiger partial charge in [-0.2, -0.15) is 0 Å². The third-order valence-electron chi connectivity index (χ3n) is 2.78. The van der Waals surface area contributed by atoms with Gasteiger partial charge in [0.15, 0.2) is 0 Å². The molecule has 20 heavy (non-hydrogen) atoms. The monoisotopic (exact) mass is 309 g/mol. The van der Waals surface area contributed by atoms with Crippen LogP contribution in [0.4, 0.5) is 5.82 Å². The first-order valence-corrected chi connectivity index (χ1v) is 7.34. The Balaban J connectivity index is 2.54. The number of anilines is 1. The number of hydrogen-bond donors (Lipinski definition) is 1. The lowest BCUT2D eigenvalue weighted by Gasteiger charge is -2.11. The van der Waals surface area contributed by atoms with E-state index < -0.39 is 0 Å². The molecule has 1 aromatic carbocycles. The maximum absolute atomic E-state index is 6.06. The van der Waals surface area contributed by atoms with Gasteiger partial charge >= 0.3 is 0 Å². The molecule has 0 aliphatic carbocycles. The average molecular weight is 310 g/mol. The van der Waals surface area contributed by atoms with Crippen molar-refractivity contribution in [3.63, 3.8) is 0 Å². The third-order valence-corrected chi connectivity index (χ3v) is 3.21. The van der Waals surface area contributed by atoms with Crippen LogP contribution in [0.15, 0.2) is 24.3 Å². The van der Waals surface area contributed by atoms with Gasteiger partial charge in [-0.3, -0.25) is 0 Å². The van der Waals surface area contributed by atoms with Gasteiger partial charge in [0.2, 0.25) is 0 Å². The van der Waals surface area contributed by atoms with Crippen LogP contribution in [-0.2, 0) is 0 Å². The molecule has 0 radical (unpaired) electrons. The summed E-state index contributed by atoms with van der Waals surface area (Å²) in [5.74, 6) is 1.87. The lowest BCUT2D eigenvalue weighted by molar-refractivity contribution is 0.776. The van der Waals surface area contributed by atoms with Crippen LogP contribution in [0.2, 0.25) is 10.0 Å². The zero-order chi connectivity index (χ0) is 14.7. The molecule has 2 aromatic rings. The van der Waals surface area contributed by atoms with Gasteiger partial charge in [-0.25, -0.2) is 9.97 Å². The van der Waals surface area contributed by atoms with Gasteiger partial charge in [0, 0.05) is 34.1 Å². The van der Waals surface area contributed by atoms with Gasteiger partial charge in [-0.05, 0) is 25.1 Å². The number of nitrogens with one attached hydrogen (secondary N) is 1. The van der Waals surface area contributed by atoms with Crippen LogP contribution in [0.25, 0.3) is 11.3 Å². The lowest BCUT2D eigenvalue weighted by Crippen LogP contribution is -2.05. The molecule has 0 saturated heterocycles. The quantitative estimate of drug-likeness (QED) is 0.863. The number of nitrogens with zero attached hydrogens (tertiary/aromatic N) is 2. The molecule has 1 N–H and O–H groups in total. The Morgan fingerprint density at radius 2 is 1.70 bits per heavy atom. The summed E-state index contributed by atoms with van der Waals surface area (Å²) in [6.45, 7) is 6.98. The van der Waals surface area contributed by atoms with E-state index in [2.05, 4.69) is 29.1 Å². The average Bonchev–Trinajstić information content (AvgIpc) is 2.37. The van der Waals surface area contributed by atoms with Crippen molar-refractivity contribution < 1.29 is 0 Å². The SMILES string of the molecule is CCNc1cc(-c2cc(Cl)cc(Cl)c2)nc(C(C)C)n1. The normalized spacial score (nSPS) is 10.9. The van der Waals surface area contributed by atoms with Crippen molar-refractivity contribution in [2.75, 3.05) is 11.9 Å². The van der Waals surface area contributed by atoms with Crippen LogP contribution in [0, 0.1) is 0 Å². The van der Waals surface area contributed by atoms with Crippen molar-refractivity contribution in [3.05, 3.63) is 40.1 Å². The molecule has 5 heteroatoms. The molecular formula is C15H17Cl2N3. The zero-order valence-corrected chi connectivity index (χ0v) is 13.3. The molecule has 0 atom stereocenters. The van der Waals surface area contributed by atoms with Crippen molar-refractivity contribution in [2.45, 2.75) is 26.7 Å². The highest BCUT2D eigenvalue weighted by Crippen LogP contribution is 2.28. The minimum absolute atomic E-state index is 0.252. The summed E-state index contributed by atoms with van der Waals surface area (Å²) < 4.78 is 0. The Morgan fingerprint density at radius 1 is 1.05 bits per heavy atom. The van der Waals surface area contributed by atoms with Gasteiger partial charge in [0.25, 0.3) is 0 Å². The molecule has 0 bridgehead atoms. The maximum Gasteiger partial charge on any atom is 0.133 e. The minimum Gasteiger partial charge on any atom is -0.370 e.